The minimum atomic E-state index is -2.83. The van der Waals surface area contributed by atoms with Crippen LogP contribution in [0.25, 0.3) is 0 Å². The number of methoxy groups -OCH3 is 1. The van der Waals surface area contributed by atoms with Crippen LogP contribution < -0.4 is 14.8 Å². The van der Waals surface area contributed by atoms with Crippen molar-refractivity contribution in [2.45, 2.75) is 37.7 Å². The monoisotopic (exact) mass is 303 g/mol. The molecule has 2 unspecified atom stereocenters. The van der Waals surface area contributed by atoms with Crippen LogP contribution in [0.1, 0.15) is 19.8 Å². The maximum atomic E-state index is 12.5. The van der Waals surface area contributed by atoms with E-state index in [1.165, 1.54) is 6.07 Å². The molecule has 0 aliphatic carbocycles. The number of ether oxygens (including phenoxy) is 2. The molecule has 0 aromatic heterocycles. The molecule has 1 fully saturated rings. The highest BCUT2D eigenvalue weighted by atomic mass is 32.2. The van der Waals surface area contributed by atoms with Crippen LogP contribution in [0.15, 0.2) is 18.2 Å². The minimum Gasteiger partial charge on any atom is -0.497 e. The van der Waals surface area contributed by atoms with Crippen LogP contribution in [-0.4, -0.2) is 30.8 Å². The zero-order chi connectivity index (χ0) is 14.5. The normalized spacial score (nSPS) is 22.6. The number of hydrogen-bond acceptors (Lipinski definition) is 4. The third-order valence-electron chi connectivity index (χ3n) is 3.35. The SMILES string of the molecule is COc1ccc(OC(F)F)c(NC2CCCSC2C)c1. The Morgan fingerprint density at radius 1 is 1.40 bits per heavy atom. The van der Waals surface area contributed by atoms with Gasteiger partial charge in [0.2, 0.25) is 0 Å². The van der Waals surface area contributed by atoms with Gasteiger partial charge in [-0.3, -0.25) is 0 Å². The Bertz CT molecular complexity index is 445. The summed E-state index contributed by atoms with van der Waals surface area (Å²) in [6, 6.07) is 5.07. The average Bonchev–Trinajstić information content (AvgIpc) is 2.42. The summed E-state index contributed by atoms with van der Waals surface area (Å²) in [6.45, 7) is -0.683. The van der Waals surface area contributed by atoms with Crippen LogP contribution >= 0.6 is 11.8 Å². The third-order valence-corrected chi connectivity index (χ3v) is 4.73. The smallest absolute Gasteiger partial charge is 0.387 e. The van der Waals surface area contributed by atoms with E-state index in [4.69, 9.17) is 4.74 Å². The van der Waals surface area contributed by atoms with Crippen LogP contribution in [0.5, 0.6) is 11.5 Å². The number of nitrogens with one attached hydrogen (secondary N) is 1. The number of halogens is 2. The molecule has 1 aliphatic rings. The first-order chi connectivity index (χ1) is 9.60. The zero-order valence-electron chi connectivity index (χ0n) is 11.6. The van der Waals surface area contributed by atoms with E-state index in [1.807, 2.05) is 11.8 Å². The van der Waals surface area contributed by atoms with Crippen molar-refractivity contribution in [3.05, 3.63) is 18.2 Å². The van der Waals surface area contributed by atoms with Gasteiger partial charge in [-0.05, 0) is 30.7 Å². The quantitative estimate of drug-likeness (QED) is 0.891. The molecular weight excluding hydrogens is 284 g/mol. The van der Waals surface area contributed by atoms with Gasteiger partial charge in [0.1, 0.15) is 11.5 Å². The lowest BCUT2D eigenvalue weighted by Gasteiger charge is -2.30. The molecule has 0 radical (unpaired) electrons. The van der Waals surface area contributed by atoms with Crippen molar-refractivity contribution < 1.29 is 18.3 Å². The maximum Gasteiger partial charge on any atom is 0.387 e. The number of hydrogen-bond donors (Lipinski definition) is 1. The van der Waals surface area contributed by atoms with Gasteiger partial charge in [0, 0.05) is 17.4 Å². The second-order valence-electron chi connectivity index (χ2n) is 4.71. The fourth-order valence-electron chi connectivity index (χ4n) is 2.26. The van der Waals surface area contributed by atoms with Crippen molar-refractivity contribution in [2.24, 2.45) is 0 Å². The van der Waals surface area contributed by atoms with Crippen molar-refractivity contribution in [1.29, 1.82) is 0 Å². The van der Waals surface area contributed by atoms with Crippen LogP contribution in [0.4, 0.5) is 14.5 Å². The van der Waals surface area contributed by atoms with Gasteiger partial charge in [-0.2, -0.15) is 20.5 Å². The molecule has 0 spiro atoms. The Kier molecular flexibility index (Phi) is 5.34. The van der Waals surface area contributed by atoms with E-state index in [1.54, 1.807) is 19.2 Å². The number of alkyl halides is 2. The molecule has 1 N–H and O–H groups in total. The highest BCUT2D eigenvalue weighted by Crippen LogP contribution is 2.34. The molecule has 0 bridgehead atoms. The molecule has 0 amide bonds. The van der Waals surface area contributed by atoms with Crippen molar-refractivity contribution in [3.63, 3.8) is 0 Å². The Labute approximate surface area is 122 Å². The van der Waals surface area contributed by atoms with E-state index >= 15 is 0 Å². The number of benzene rings is 1. The summed E-state index contributed by atoms with van der Waals surface area (Å²) in [5.74, 6) is 1.92. The van der Waals surface area contributed by atoms with E-state index in [0.717, 1.165) is 18.6 Å². The first-order valence-electron chi connectivity index (χ1n) is 6.61. The third kappa shape index (κ3) is 3.91. The largest absolute Gasteiger partial charge is 0.497 e. The molecule has 20 heavy (non-hydrogen) atoms. The number of thioether (sulfide) groups is 1. The first-order valence-corrected chi connectivity index (χ1v) is 7.66. The van der Waals surface area contributed by atoms with Gasteiger partial charge >= 0.3 is 6.61 Å². The van der Waals surface area contributed by atoms with Crippen LogP contribution in [0, 0.1) is 0 Å². The molecular formula is C14H19F2NO2S. The second-order valence-corrected chi connectivity index (χ2v) is 6.19. The van der Waals surface area contributed by atoms with Crippen LogP contribution in [0.2, 0.25) is 0 Å². The lowest BCUT2D eigenvalue weighted by atomic mass is 10.1. The lowest BCUT2D eigenvalue weighted by molar-refractivity contribution is -0.0494. The van der Waals surface area contributed by atoms with E-state index < -0.39 is 6.61 Å². The molecule has 0 saturated carbocycles. The topological polar surface area (TPSA) is 30.5 Å². The molecule has 1 aromatic rings. The molecule has 1 aliphatic heterocycles. The van der Waals surface area contributed by atoms with E-state index in [0.29, 0.717) is 16.7 Å². The van der Waals surface area contributed by atoms with Gasteiger partial charge in [-0.25, -0.2) is 0 Å². The number of anilines is 1. The van der Waals surface area contributed by atoms with Gasteiger partial charge in [-0.15, -0.1) is 0 Å². The highest BCUT2D eigenvalue weighted by Gasteiger charge is 2.23. The Morgan fingerprint density at radius 2 is 2.20 bits per heavy atom. The Hall–Kier alpha value is -1.17. The summed E-state index contributed by atoms with van der Waals surface area (Å²) in [5.41, 5.74) is 0.559. The maximum absolute atomic E-state index is 12.5. The molecule has 1 aromatic carbocycles. The lowest BCUT2D eigenvalue weighted by Crippen LogP contribution is -2.33. The highest BCUT2D eigenvalue weighted by molar-refractivity contribution is 8.00. The van der Waals surface area contributed by atoms with Gasteiger partial charge in [0.05, 0.1) is 12.8 Å². The summed E-state index contributed by atoms with van der Waals surface area (Å²) < 4.78 is 34.6. The summed E-state index contributed by atoms with van der Waals surface area (Å²) >= 11 is 1.89. The molecule has 112 valence electrons. The van der Waals surface area contributed by atoms with Crippen molar-refractivity contribution in [3.8, 4) is 11.5 Å². The zero-order valence-corrected chi connectivity index (χ0v) is 12.4. The molecule has 3 nitrogen and oxygen atoms in total. The van der Waals surface area contributed by atoms with Crippen LogP contribution in [-0.2, 0) is 0 Å². The van der Waals surface area contributed by atoms with Gasteiger partial charge in [-0.1, -0.05) is 6.92 Å². The van der Waals surface area contributed by atoms with Gasteiger partial charge < -0.3 is 14.8 Å². The van der Waals surface area contributed by atoms with E-state index in [9.17, 15) is 8.78 Å². The molecule has 1 saturated heterocycles. The van der Waals surface area contributed by atoms with Crippen molar-refractivity contribution in [1.82, 2.24) is 0 Å². The fraction of sp³-hybridized carbons (Fsp3) is 0.571. The second kappa shape index (κ2) is 7.02. The number of rotatable bonds is 5. The van der Waals surface area contributed by atoms with Crippen molar-refractivity contribution >= 4 is 17.4 Å². The summed E-state index contributed by atoms with van der Waals surface area (Å²) in [4.78, 5) is 0. The Balaban J connectivity index is 2.18. The Morgan fingerprint density at radius 3 is 2.85 bits per heavy atom. The summed E-state index contributed by atoms with van der Waals surface area (Å²) in [7, 11) is 1.55. The van der Waals surface area contributed by atoms with Crippen LogP contribution in [0.3, 0.4) is 0 Å². The van der Waals surface area contributed by atoms with Crippen molar-refractivity contribution in [2.75, 3.05) is 18.2 Å². The predicted molar refractivity (Wildman–Crippen MR) is 78.2 cm³/mol. The molecule has 1 heterocycles. The fourth-order valence-corrected chi connectivity index (χ4v) is 3.40. The summed E-state index contributed by atoms with van der Waals surface area (Å²) in [5, 5.41) is 3.76. The standard InChI is InChI=1S/C14H19F2NO2S/c1-9-11(4-3-7-20-9)17-12-8-10(18-2)5-6-13(12)19-14(15)16/h5-6,8-9,11,14,17H,3-4,7H2,1-2H3. The minimum absolute atomic E-state index is 0.156. The predicted octanol–water partition coefficient (Wildman–Crippen LogP) is 3.99. The summed E-state index contributed by atoms with van der Waals surface area (Å²) in [6.07, 6.45) is 2.15. The molecule has 6 heteroatoms. The molecule has 2 atom stereocenters. The van der Waals surface area contributed by atoms with Gasteiger partial charge in [0.15, 0.2) is 0 Å². The van der Waals surface area contributed by atoms with E-state index in [2.05, 4.69) is 17.0 Å². The molecule has 2 rings (SSSR count). The van der Waals surface area contributed by atoms with E-state index in [-0.39, 0.29) is 11.8 Å². The first kappa shape index (κ1) is 15.2. The average molecular weight is 303 g/mol. The van der Waals surface area contributed by atoms with Gasteiger partial charge in [0.25, 0.3) is 0 Å².